The highest BCUT2D eigenvalue weighted by atomic mass is 19.1. The van der Waals surface area contributed by atoms with Crippen LogP contribution in [0.1, 0.15) is 18.9 Å². The molecule has 1 fully saturated rings. The molecule has 2 atom stereocenters. The minimum Gasteiger partial charge on any atom is -0.481 e. The van der Waals surface area contributed by atoms with Gasteiger partial charge in [0.05, 0.1) is 5.92 Å². The lowest BCUT2D eigenvalue weighted by Crippen LogP contribution is -2.11. The van der Waals surface area contributed by atoms with Crippen molar-refractivity contribution in [2.75, 3.05) is 0 Å². The molecule has 0 amide bonds. The van der Waals surface area contributed by atoms with E-state index in [-0.39, 0.29) is 0 Å². The number of carboxylic acids is 1. The van der Waals surface area contributed by atoms with Crippen molar-refractivity contribution in [3.8, 4) is 0 Å². The Labute approximate surface area is 85.5 Å². The van der Waals surface area contributed by atoms with Gasteiger partial charge in [0.1, 0.15) is 11.6 Å². The number of aliphatic carboxylic acids is 1. The van der Waals surface area contributed by atoms with Gasteiger partial charge in [0.15, 0.2) is 0 Å². The largest absolute Gasteiger partial charge is 0.481 e. The first-order valence-corrected chi connectivity index (χ1v) is 4.63. The van der Waals surface area contributed by atoms with E-state index in [0.717, 1.165) is 6.07 Å². The van der Waals surface area contributed by atoms with Crippen molar-refractivity contribution in [1.82, 2.24) is 0 Å². The summed E-state index contributed by atoms with van der Waals surface area (Å²) in [7, 11) is 0. The van der Waals surface area contributed by atoms with E-state index in [1.807, 2.05) is 0 Å². The first-order chi connectivity index (χ1) is 6.93. The molecule has 0 heterocycles. The van der Waals surface area contributed by atoms with Crippen LogP contribution in [0.25, 0.3) is 0 Å². The highest BCUT2D eigenvalue weighted by Gasteiger charge is 2.56. The molecule has 1 aliphatic carbocycles. The quantitative estimate of drug-likeness (QED) is 0.816. The second-order valence-electron chi connectivity index (χ2n) is 4.17. The molecule has 1 aromatic carbocycles. The van der Waals surface area contributed by atoms with E-state index in [4.69, 9.17) is 5.11 Å². The van der Waals surface area contributed by atoms with Crippen molar-refractivity contribution in [2.45, 2.75) is 18.8 Å². The normalized spacial score (nSPS) is 28.9. The maximum absolute atomic E-state index is 12.9. The average Bonchev–Trinajstić information content (AvgIpc) is 2.78. The minimum atomic E-state index is -0.915. The molecule has 0 saturated heterocycles. The summed E-state index contributed by atoms with van der Waals surface area (Å²) in [5.41, 5.74) is -0.193. The molecule has 0 bridgehead atoms. The Morgan fingerprint density at radius 3 is 2.33 bits per heavy atom. The second kappa shape index (κ2) is 3.02. The van der Waals surface area contributed by atoms with Crippen LogP contribution < -0.4 is 0 Å². The van der Waals surface area contributed by atoms with Crippen LogP contribution in [0.15, 0.2) is 18.2 Å². The molecule has 0 aliphatic heterocycles. The Hall–Kier alpha value is -1.45. The van der Waals surface area contributed by atoms with Crippen molar-refractivity contribution >= 4 is 5.97 Å². The van der Waals surface area contributed by atoms with Gasteiger partial charge in [-0.2, -0.15) is 0 Å². The molecule has 2 unspecified atom stereocenters. The predicted octanol–water partition coefficient (Wildman–Crippen LogP) is 2.33. The Balaban J connectivity index is 2.36. The molecule has 1 aliphatic rings. The van der Waals surface area contributed by atoms with Gasteiger partial charge in [-0.1, -0.05) is 6.92 Å². The van der Waals surface area contributed by atoms with Gasteiger partial charge < -0.3 is 5.11 Å². The van der Waals surface area contributed by atoms with Gasteiger partial charge in [-0.05, 0) is 24.1 Å². The third-order valence-corrected chi connectivity index (χ3v) is 3.06. The van der Waals surface area contributed by atoms with Gasteiger partial charge in [0, 0.05) is 11.5 Å². The molecular formula is C11H10F2O2. The number of hydrogen-bond acceptors (Lipinski definition) is 1. The summed E-state index contributed by atoms with van der Waals surface area (Å²) in [6, 6.07) is 3.18. The topological polar surface area (TPSA) is 37.3 Å². The SMILES string of the molecule is CC1(c2cc(F)cc(F)c2)CC1C(=O)O. The number of rotatable bonds is 2. The zero-order valence-corrected chi connectivity index (χ0v) is 8.13. The first kappa shape index (κ1) is 10.1. The molecule has 15 heavy (non-hydrogen) atoms. The third kappa shape index (κ3) is 1.60. The molecule has 4 heteroatoms. The lowest BCUT2D eigenvalue weighted by Gasteiger charge is -2.10. The molecule has 0 aromatic heterocycles. The molecule has 2 nitrogen and oxygen atoms in total. The molecule has 1 aromatic rings. The lowest BCUT2D eigenvalue weighted by atomic mass is 9.95. The monoisotopic (exact) mass is 212 g/mol. The van der Waals surface area contributed by atoms with Gasteiger partial charge >= 0.3 is 5.97 Å². The van der Waals surface area contributed by atoms with Gasteiger partial charge in [0.2, 0.25) is 0 Å². The zero-order valence-electron chi connectivity index (χ0n) is 8.13. The Bertz CT molecular complexity index is 410. The maximum atomic E-state index is 12.9. The summed E-state index contributed by atoms with van der Waals surface area (Å²) < 4.78 is 25.9. The van der Waals surface area contributed by atoms with Crippen LogP contribution in [0.4, 0.5) is 8.78 Å². The summed E-state index contributed by atoms with van der Waals surface area (Å²) in [4.78, 5) is 10.7. The smallest absolute Gasteiger partial charge is 0.307 e. The predicted molar refractivity (Wildman–Crippen MR) is 49.5 cm³/mol. The molecule has 2 rings (SSSR count). The lowest BCUT2D eigenvalue weighted by molar-refractivity contribution is -0.138. The van der Waals surface area contributed by atoms with Crippen LogP contribution in [0.2, 0.25) is 0 Å². The first-order valence-electron chi connectivity index (χ1n) is 4.63. The fraction of sp³-hybridized carbons (Fsp3) is 0.364. The molecular weight excluding hydrogens is 202 g/mol. The highest BCUT2D eigenvalue weighted by Crippen LogP contribution is 2.54. The summed E-state index contributed by atoms with van der Waals surface area (Å²) >= 11 is 0. The van der Waals surface area contributed by atoms with Gasteiger partial charge in [-0.15, -0.1) is 0 Å². The van der Waals surface area contributed by atoms with Crippen molar-refractivity contribution in [3.63, 3.8) is 0 Å². The average molecular weight is 212 g/mol. The van der Waals surface area contributed by atoms with Crippen LogP contribution in [0, 0.1) is 17.6 Å². The Morgan fingerprint density at radius 2 is 1.93 bits per heavy atom. The van der Waals surface area contributed by atoms with Gasteiger partial charge in [-0.25, -0.2) is 8.78 Å². The van der Waals surface area contributed by atoms with Crippen LogP contribution >= 0.6 is 0 Å². The zero-order chi connectivity index (χ0) is 11.2. The molecule has 0 spiro atoms. The number of benzene rings is 1. The van der Waals surface area contributed by atoms with Crippen LogP contribution in [-0.4, -0.2) is 11.1 Å². The van der Waals surface area contributed by atoms with Crippen molar-refractivity contribution in [3.05, 3.63) is 35.4 Å². The highest BCUT2D eigenvalue weighted by molar-refractivity contribution is 5.77. The summed E-state index contributed by atoms with van der Waals surface area (Å²) in [5.74, 6) is -2.77. The number of halogens is 2. The van der Waals surface area contributed by atoms with E-state index in [2.05, 4.69) is 0 Å². The second-order valence-corrected chi connectivity index (χ2v) is 4.17. The van der Waals surface area contributed by atoms with E-state index in [1.54, 1.807) is 6.92 Å². The summed E-state index contributed by atoms with van der Waals surface area (Å²) in [5, 5.41) is 8.80. The Morgan fingerprint density at radius 1 is 1.40 bits per heavy atom. The van der Waals surface area contributed by atoms with Crippen molar-refractivity contribution in [2.24, 2.45) is 5.92 Å². The third-order valence-electron chi connectivity index (χ3n) is 3.06. The van der Waals surface area contributed by atoms with Crippen molar-refractivity contribution in [1.29, 1.82) is 0 Å². The molecule has 1 saturated carbocycles. The fourth-order valence-corrected chi connectivity index (χ4v) is 1.93. The molecule has 0 radical (unpaired) electrons. The van der Waals surface area contributed by atoms with Gasteiger partial charge in [-0.3, -0.25) is 4.79 Å². The molecule has 80 valence electrons. The number of carboxylic acid groups (broad SMARTS) is 1. The fourth-order valence-electron chi connectivity index (χ4n) is 1.93. The summed E-state index contributed by atoms with van der Waals surface area (Å²) in [6.45, 7) is 1.71. The van der Waals surface area contributed by atoms with Crippen molar-refractivity contribution < 1.29 is 18.7 Å². The summed E-state index contributed by atoms with van der Waals surface area (Å²) in [6.07, 6.45) is 0.436. The number of hydrogen-bond donors (Lipinski definition) is 1. The van der Waals surface area contributed by atoms with E-state index in [0.29, 0.717) is 12.0 Å². The van der Waals surface area contributed by atoms with Crippen LogP contribution in [-0.2, 0) is 10.2 Å². The van der Waals surface area contributed by atoms with Gasteiger partial charge in [0.25, 0.3) is 0 Å². The van der Waals surface area contributed by atoms with E-state index in [1.165, 1.54) is 12.1 Å². The van der Waals surface area contributed by atoms with E-state index >= 15 is 0 Å². The Kier molecular flexibility index (Phi) is 2.03. The minimum absolute atomic E-state index is 0.424. The van der Waals surface area contributed by atoms with E-state index < -0.39 is 28.9 Å². The maximum Gasteiger partial charge on any atom is 0.307 e. The van der Waals surface area contributed by atoms with E-state index in [9.17, 15) is 13.6 Å². The van der Waals surface area contributed by atoms with Crippen LogP contribution in [0.3, 0.4) is 0 Å². The standard InChI is InChI=1S/C11H10F2O2/c1-11(5-9(11)10(14)15)6-2-7(12)4-8(13)3-6/h2-4,9H,5H2,1H3,(H,14,15). The van der Waals surface area contributed by atoms with Crippen LogP contribution in [0.5, 0.6) is 0 Å². The number of carbonyl (C=O) groups is 1. The molecule has 1 N–H and O–H groups in total.